The van der Waals surface area contributed by atoms with Crippen molar-refractivity contribution >= 4 is 29.9 Å². The van der Waals surface area contributed by atoms with Gasteiger partial charge in [0.05, 0.1) is 6.61 Å². The summed E-state index contributed by atoms with van der Waals surface area (Å²) in [6, 6.07) is 8.46. The third kappa shape index (κ3) is 5.09. The zero-order chi connectivity index (χ0) is 16.8. The molecule has 140 valence electrons. The zero-order valence-corrected chi connectivity index (χ0v) is 17.9. The SMILES string of the molecule is CN=C(NCc1ccccc1COC)N1CCC2(CCCCC2)C1.I. The highest BCUT2D eigenvalue weighted by Gasteiger charge is 2.39. The van der Waals surface area contributed by atoms with Crippen LogP contribution in [0.5, 0.6) is 0 Å². The molecule has 1 heterocycles. The molecule has 1 aromatic rings. The van der Waals surface area contributed by atoms with Crippen molar-refractivity contribution in [1.82, 2.24) is 10.2 Å². The molecule has 3 rings (SSSR count). The first kappa shape index (κ1) is 20.5. The van der Waals surface area contributed by atoms with Gasteiger partial charge in [-0.3, -0.25) is 4.99 Å². The maximum absolute atomic E-state index is 5.31. The van der Waals surface area contributed by atoms with Crippen molar-refractivity contribution in [2.75, 3.05) is 27.2 Å². The van der Waals surface area contributed by atoms with Gasteiger partial charge < -0.3 is 15.0 Å². The van der Waals surface area contributed by atoms with Crippen LogP contribution in [0.15, 0.2) is 29.3 Å². The summed E-state index contributed by atoms with van der Waals surface area (Å²) in [6.45, 7) is 3.77. The van der Waals surface area contributed by atoms with Gasteiger partial charge >= 0.3 is 0 Å². The van der Waals surface area contributed by atoms with Gasteiger partial charge in [0.15, 0.2) is 5.96 Å². The fourth-order valence-electron chi connectivity index (χ4n) is 4.36. The molecular formula is C20H32IN3O. The van der Waals surface area contributed by atoms with Crippen molar-refractivity contribution < 1.29 is 4.74 Å². The molecule has 0 unspecified atom stereocenters. The number of nitrogens with zero attached hydrogens (tertiary/aromatic N) is 2. The van der Waals surface area contributed by atoms with Gasteiger partial charge in [0, 0.05) is 33.8 Å². The fourth-order valence-corrected chi connectivity index (χ4v) is 4.36. The lowest BCUT2D eigenvalue weighted by Gasteiger charge is -2.33. The van der Waals surface area contributed by atoms with E-state index in [2.05, 4.69) is 39.5 Å². The molecule has 1 aliphatic carbocycles. The molecule has 1 aromatic carbocycles. The van der Waals surface area contributed by atoms with E-state index in [1.165, 1.54) is 56.2 Å². The normalized spacial score (nSPS) is 19.8. The number of hydrogen-bond acceptors (Lipinski definition) is 2. The summed E-state index contributed by atoms with van der Waals surface area (Å²) in [5, 5.41) is 3.57. The quantitative estimate of drug-likeness (QED) is 0.419. The van der Waals surface area contributed by atoms with Crippen LogP contribution in [0.25, 0.3) is 0 Å². The Bertz CT molecular complexity index is 570. The predicted octanol–water partition coefficient (Wildman–Crippen LogP) is 4.18. The van der Waals surface area contributed by atoms with E-state index in [0.29, 0.717) is 12.0 Å². The van der Waals surface area contributed by atoms with E-state index < -0.39 is 0 Å². The second-order valence-electron chi connectivity index (χ2n) is 7.33. The summed E-state index contributed by atoms with van der Waals surface area (Å²) < 4.78 is 5.31. The molecule has 0 amide bonds. The van der Waals surface area contributed by atoms with Gasteiger partial charge in [-0.2, -0.15) is 0 Å². The number of nitrogens with one attached hydrogen (secondary N) is 1. The van der Waals surface area contributed by atoms with Crippen molar-refractivity contribution in [2.45, 2.75) is 51.7 Å². The van der Waals surface area contributed by atoms with E-state index in [4.69, 9.17) is 4.74 Å². The van der Waals surface area contributed by atoms with Gasteiger partial charge in [0.1, 0.15) is 0 Å². The molecule has 0 radical (unpaired) electrons. The first-order valence-electron chi connectivity index (χ1n) is 9.28. The fraction of sp³-hybridized carbons (Fsp3) is 0.650. The number of likely N-dealkylation sites (tertiary alicyclic amines) is 1. The Morgan fingerprint density at radius 2 is 1.88 bits per heavy atom. The van der Waals surface area contributed by atoms with Gasteiger partial charge in [-0.25, -0.2) is 0 Å². The average molecular weight is 457 g/mol. The molecule has 4 nitrogen and oxygen atoms in total. The maximum Gasteiger partial charge on any atom is 0.193 e. The minimum Gasteiger partial charge on any atom is -0.380 e. The first-order valence-corrected chi connectivity index (χ1v) is 9.28. The van der Waals surface area contributed by atoms with Crippen LogP contribution < -0.4 is 5.32 Å². The van der Waals surface area contributed by atoms with Crippen LogP contribution in [0.1, 0.15) is 49.7 Å². The predicted molar refractivity (Wildman–Crippen MR) is 114 cm³/mol. The monoisotopic (exact) mass is 457 g/mol. The zero-order valence-electron chi connectivity index (χ0n) is 15.6. The number of methoxy groups -OCH3 is 1. The van der Waals surface area contributed by atoms with Crippen LogP contribution in [0.3, 0.4) is 0 Å². The highest BCUT2D eigenvalue weighted by atomic mass is 127. The average Bonchev–Trinajstić information content (AvgIpc) is 3.01. The molecule has 0 aromatic heterocycles. The summed E-state index contributed by atoms with van der Waals surface area (Å²) in [6.07, 6.45) is 8.36. The number of aliphatic imine (C=N–C) groups is 1. The van der Waals surface area contributed by atoms with E-state index in [-0.39, 0.29) is 24.0 Å². The van der Waals surface area contributed by atoms with E-state index in [1.807, 2.05) is 7.05 Å². The van der Waals surface area contributed by atoms with Crippen LogP contribution in [-0.2, 0) is 17.9 Å². The molecule has 2 aliphatic rings. The maximum atomic E-state index is 5.31. The van der Waals surface area contributed by atoms with Crippen molar-refractivity contribution in [1.29, 1.82) is 0 Å². The highest BCUT2D eigenvalue weighted by Crippen LogP contribution is 2.43. The Labute approximate surface area is 169 Å². The summed E-state index contributed by atoms with van der Waals surface area (Å²) in [5.74, 6) is 1.05. The topological polar surface area (TPSA) is 36.9 Å². The standard InChI is InChI=1S/C20H31N3O.HI/c1-21-19(22-14-17-8-4-5-9-18(17)15-24-2)23-13-12-20(16-23)10-6-3-7-11-20;/h4-5,8-9H,3,6-7,10-16H2,1-2H3,(H,21,22);1H. The number of hydrogen-bond donors (Lipinski definition) is 1. The summed E-state index contributed by atoms with van der Waals surface area (Å²) in [7, 11) is 3.65. The number of ether oxygens (including phenoxy) is 1. The Kier molecular flexibility index (Phi) is 8.00. The van der Waals surface area contributed by atoms with E-state index in [1.54, 1.807) is 7.11 Å². The molecule has 1 N–H and O–H groups in total. The number of benzene rings is 1. The summed E-state index contributed by atoms with van der Waals surface area (Å²) in [5.41, 5.74) is 3.09. The molecule has 5 heteroatoms. The summed E-state index contributed by atoms with van der Waals surface area (Å²) in [4.78, 5) is 7.00. The molecule has 25 heavy (non-hydrogen) atoms. The van der Waals surface area contributed by atoms with Crippen molar-refractivity contribution in [3.05, 3.63) is 35.4 Å². The third-order valence-corrected chi connectivity index (χ3v) is 5.72. The first-order chi connectivity index (χ1) is 11.8. The lowest BCUT2D eigenvalue weighted by Crippen LogP contribution is -2.41. The minimum absolute atomic E-state index is 0. The van der Waals surface area contributed by atoms with E-state index >= 15 is 0 Å². The molecule has 1 saturated heterocycles. The second kappa shape index (κ2) is 9.76. The van der Waals surface area contributed by atoms with E-state index in [9.17, 15) is 0 Å². The molecule has 1 spiro atoms. The van der Waals surface area contributed by atoms with Gasteiger partial charge in [0.2, 0.25) is 0 Å². The highest BCUT2D eigenvalue weighted by molar-refractivity contribution is 14.0. The molecule has 0 bridgehead atoms. The van der Waals surface area contributed by atoms with Gasteiger partial charge in [-0.15, -0.1) is 24.0 Å². The second-order valence-corrected chi connectivity index (χ2v) is 7.33. The smallest absolute Gasteiger partial charge is 0.193 e. The largest absolute Gasteiger partial charge is 0.380 e. The van der Waals surface area contributed by atoms with Crippen LogP contribution in [0.4, 0.5) is 0 Å². The Hall–Kier alpha value is -0.820. The molecule has 1 saturated carbocycles. The van der Waals surface area contributed by atoms with Gasteiger partial charge in [-0.05, 0) is 35.8 Å². The summed E-state index contributed by atoms with van der Waals surface area (Å²) >= 11 is 0. The number of guanidine groups is 1. The lowest BCUT2D eigenvalue weighted by molar-refractivity contribution is 0.184. The molecule has 0 atom stereocenters. The molecule has 1 aliphatic heterocycles. The van der Waals surface area contributed by atoms with Crippen LogP contribution in [-0.4, -0.2) is 38.1 Å². The Morgan fingerprint density at radius 3 is 2.56 bits per heavy atom. The number of rotatable bonds is 4. The van der Waals surface area contributed by atoms with Crippen molar-refractivity contribution in [3.63, 3.8) is 0 Å². The van der Waals surface area contributed by atoms with Crippen molar-refractivity contribution in [3.8, 4) is 0 Å². The Morgan fingerprint density at radius 1 is 1.16 bits per heavy atom. The molecule has 2 fully saturated rings. The lowest BCUT2D eigenvalue weighted by atomic mass is 9.73. The van der Waals surface area contributed by atoms with Gasteiger partial charge in [-0.1, -0.05) is 43.5 Å². The van der Waals surface area contributed by atoms with Crippen LogP contribution >= 0.6 is 24.0 Å². The Balaban J connectivity index is 0.00000225. The van der Waals surface area contributed by atoms with Crippen molar-refractivity contribution in [2.24, 2.45) is 10.4 Å². The third-order valence-electron chi connectivity index (χ3n) is 5.72. The van der Waals surface area contributed by atoms with Gasteiger partial charge in [0.25, 0.3) is 0 Å². The van der Waals surface area contributed by atoms with Crippen LogP contribution in [0.2, 0.25) is 0 Å². The number of halogens is 1. The van der Waals surface area contributed by atoms with Crippen LogP contribution in [0, 0.1) is 5.41 Å². The van der Waals surface area contributed by atoms with E-state index in [0.717, 1.165) is 19.0 Å². The molecular weight excluding hydrogens is 425 g/mol. The minimum atomic E-state index is 0.